The predicted octanol–water partition coefficient (Wildman–Crippen LogP) is 1.74. The van der Waals surface area contributed by atoms with Gasteiger partial charge in [-0.15, -0.1) is 0 Å². The highest BCUT2D eigenvalue weighted by Crippen LogP contribution is 2.25. The van der Waals surface area contributed by atoms with E-state index in [0.717, 1.165) is 4.74 Å². The first-order chi connectivity index (χ1) is 7.04. The summed E-state index contributed by atoms with van der Waals surface area (Å²) in [5.74, 6) is 0.428. The Kier molecular flexibility index (Phi) is 3.55. The second kappa shape index (κ2) is 4.68. The molecule has 0 aliphatic heterocycles. The van der Waals surface area contributed by atoms with Crippen LogP contribution in [0, 0.1) is 5.21 Å². The average Bonchev–Trinajstić information content (AvgIpc) is 2.20. The molecule has 15 heavy (non-hydrogen) atoms. The minimum Gasteiger partial charge on any atom is -0.624 e. The van der Waals surface area contributed by atoms with Gasteiger partial charge in [0.25, 0.3) is 0 Å². The van der Waals surface area contributed by atoms with Gasteiger partial charge in [0, 0.05) is 5.56 Å². The molecule has 0 bridgehead atoms. The van der Waals surface area contributed by atoms with Gasteiger partial charge in [-0.2, -0.15) is 0 Å². The fourth-order valence-electron chi connectivity index (χ4n) is 1.07. The molecule has 1 aromatic rings. The molecular weight excluding hydrogens is 194 g/mol. The minimum atomic E-state index is -0.107. The minimum absolute atomic E-state index is 0.0663. The van der Waals surface area contributed by atoms with Crippen LogP contribution in [0.3, 0.4) is 0 Å². The fourth-order valence-corrected chi connectivity index (χ4v) is 1.07. The molecule has 0 aliphatic rings. The van der Waals surface area contributed by atoms with Gasteiger partial charge in [0.1, 0.15) is 0 Å². The Balaban J connectivity index is 3.02. The molecule has 82 valence electrons. The Morgan fingerprint density at radius 1 is 1.47 bits per heavy atom. The van der Waals surface area contributed by atoms with Crippen molar-refractivity contribution in [2.75, 3.05) is 7.11 Å². The normalized spacial score (nSPS) is 11.9. The first kappa shape index (κ1) is 11.4. The molecule has 1 N–H and O–H groups in total. The zero-order valence-electron chi connectivity index (χ0n) is 9.10. The summed E-state index contributed by atoms with van der Waals surface area (Å²) in [5, 5.41) is 20.7. The van der Waals surface area contributed by atoms with Crippen molar-refractivity contribution < 1.29 is 14.6 Å². The van der Waals surface area contributed by atoms with Crippen molar-refractivity contribution in [2.24, 2.45) is 0 Å². The lowest BCUT2D eigenvalue weighted by molar-refractivity contribution is -0.487. The van der Waals surface area contributed by atoms with Gasteiger partial charge in [-0.05, 0) is 32.0 Å². The molecule has 0 saturated heterocycles. The molecule has 0 saturated carbocycles. The second-order valence-electron chi connectivity index (χ2n) is 3.51. The highest BCUT2D eigenvalue weighted by Gasteiger charge is 2.05. The third-order valence-electron chi connectivity index (χ3n) is 1.99. The molecule has 0 unspecified atom stereocenters. The van der Waals surface area contributed by atoms with E-state index in [1.165, 1.54) is 19.4 Å². The number of hydrogen-bond acceptors (Lipinski definition) is 3. The van der Waals surface area contributed by atoms with Gasteiger partial charge in [-0.1, -0.05) is 0 Å². The van der Waals surface area contributed by atoms with Crippen molar-refractivity contribution in [1.82, 2.24) is 0 Å². The number of hydrogen-bond donors (Lipinski definition) is 1. The summed E-state index contributed by atoms with van der Waals surface area (Å²) in [7, 11) is 1.47. The maximum atomic E-state index is 11.4. The van der Waals surface area contributed by atoms with E-state index in [2.05, 4.69) is 0 Å². The molecule has 1 aromatic carbocycles. The highest BCUT2D eigenvalue weighted by molar-refractivity contribution is 5.77. The van der Waals surface area contributed by atoms with Gasteiger partial charge in [0.05, 0.1) is 7.11 Å². The van der Waals surface area contributed by atoms with E-state index in [9.17, 15) is 10.3 Å². The van der Waals surface area contributed by atoms with E-state index in [1.807, 2.05) is 0 Å². The molecule has 1 rings (SSSR count). The van der Waals surface area contributed by atoms with Crippen LogP contribution >= 0.6 is 0 Å². The molecule has 0 aromatic heterocycles. The highest BCUT2D eigenvalue weighted by atomic mass is 16.5. The predicted molar refractivity (Wildman–Crippen MR) is 58.6 cm³/mol. The summed E-state index contributed by atoms with van der Waals surface area (Å²) >= 11 is 0. The van der Waals surface area contributed by atoms with E-state index in [4.69, 9.17) is 4.74 Å². The van der Waals surface area contributed by atoms with E-state index in [0.29, 0.717) is 11.3 Å². The number of rotatable bonds is 3. The fraction of sp³-hybridized carbons (Fsp3) is 0.364. The van der Waals surface area contributed by atoms with Crippen LogP contribution in [0.15, 0.2) is 18.2 Å². The lowest BCUT2D eigenvalue weighted by Gasteiger charge is -2.08. The Labute approximate surface area is 89.0 Å². The third-order valence-corrected chi connectivity index (χ3v) is 1.99. The Morgan fingerprint density at radius 3 is 2.67 bits per heavy atom. The van der Waals surface area contributed by atoms with Crippen LogP contribution < -0.4 is 4.74 Å². The molecule has 4 heteroatoms. The number of phenolic OH excluding ortho intramolecular Hbond substituents is 1. The molecule has 0 fully saturated rings. The lowest BCUT2D eigenvalue weighted by atomic mass is 10.2. The molecule has 4 nitrogen and oxygen atoms in total. The summed E-state index contributed by atoms with van der Waals surface area (Å²) in [6.07, 6.45) is 1.46. The average molecular weight is 209 g/mol. The SMILES string of the molecule is COc1cc(C=[N+]([O-])C(C)C)ccc1O. The van der Waals surface area contributed by atoms with E-state index in [-0.39, 0.29) is 11.8 Å². The number of phenols is 1. The molecule has 0 spiro atoms. The van der Waals surface area contributed by atoms with Gasteiger partial charge in [-0.25, -0.2) is 4.74 Å². The van der Waals surface area contributed by atoms with Gasteiger partial charge < -0.3 is 15.1 Å². The Bertz CT molecular complexity index is 372. The molecule has 0 amide bonds. The topological polar surface area (TPSA) is 55.5 Å². The largest absolute Gasteiger partial charge is 0.624 e. The van der Waals surface area contributed by atoms with Crippen LogP contribution in [0.4, 0.5) is 0 Å². The molecule has 0 radical (unpaired) electrons. The smallest absolute Gasteiger partial charge is 0.182 e. The van der Waals surface area contributed by atoms with Crippen molar-refractivity contribution in [2.45, 2.75) is 19.9 Å². The summed E-state index contributed by atoms with van der Waals surface area (Å²) in [6.45, 7) is 3.61. The molecule has 0 atom stereocenters. The first-order valence-corrected chi connectivity index (χ1v) is 4.72. The maximum Gasteiger partial charge on any atom is 0.182 e. The standard InChI is InChI=1S/C11H15NO3/c1-8(2)12(14)7-9-4-5-10(13)11(6-9)15-3/h4-8,13H,1-3H3. The number of aromatic hydroxyl groups is 1. The number of hydroxylamine groups is 1. The summed E-state index contributed by atoms with van der Waals surface area (Å²) in [5.41, 5.74) is 0.702. The lowest BCUT2D eigenvalue weighted by Crippen LogP contribution is -2.14. The third kappa shape index (κ3) is 2.87. The van der Waals surface area contributed by atoms with Gasteiger partial charge in [0.2, 0.25) is 0 Å². The van der Waals surface area contributed by atoms with Gasteiger partial charge in [-0.3, -0.25) is 0 Å². The van der Waals surface area contributed by atoms with Crippen LogP contribution in [0.25, 0.3) is 0 Å². The number of methoxy groups -OCH3 is 1. The van der Waals surface area contributed by atoms with Gasteiger partial charge in [0.15, 0.2) is 23.8 Å². The van der Waals surface area contributed by atoms with E-state index < -0.39 is 0 Å². The Morgan fingerprint density at radius 2 is 2.13 bits per heavy atom. The zero-order valence-corrected chi connectivity index (χ0v) is 9.10. The summed E-state index contributed by atoms with van der Waals surface area (Å²) < 4.78 is 5.79. The van der Waals surface area contributed by atoms with Crippen LogP contribution in [-0.4, -0.2) is 29.2 Å². The van der Waals surface area contributed by atoms with Crippen LogP contribution in [0.1, 0.15) is 19.4 Å². The number of nitrogens with zero attached hydrogens (tertiary/aromatic N) is 1. The molecule has 0 aliphatic carbocycles. The van der Waals surface area contributed by atoms with Crippen molar-refractivity contribution in [3.63, 3.8) is 0 Å². The first-order valence-electron chi connectivity index (χ1n) is 4.72. The monoisotopic (exact) mass is 209 g/mol. The van der Waals surface area contributed by atoms with Crippen molar-refractivity contribution in [3.8, 4) is 11.5 Å². The number of ether oxygens (including phenoxy) is 1. The van der Waals surface area contributed by atoms with Crippen LogP contribution in [0.2, 0.25) is 0 Å². The zero-order chi connectivity index (χ0) is 11.4. The second-order valence-corrected chi connectivity index (χ2v) is 3.51. The van der Waals surface area contributed by atoms with Crippen molar-refractivity contribution in [3.05, 3.63) is 29.0 Å². The summed E-state index contributed by atoms with van der Waals surface area (Å²) in [4.78, 5) is 0. The van der Waals surface area contributed by atoms with Gasteiger partial charge >= 0.3 is 0 Å². The van der Waals surface area contributed by atoms with Crippen LogP contribution in [0.5, 0.6) is 11.5 Å². The Hall–Kier alpha value is -1.71. The maximum absolute atomic E-state index is 11.4. The molecule has 0 heterocycles. The quantitative estimate of drug-likeness (QED) is 0.357. The van der Waals surface area contributed by atoms with E-state index in [1.54, 1.807) is 26.0 Å². The van der Waals surface area contributed by atoms with Crippen LogP contribution in [-0.2, 0) is 0 Å². The summed E-state index contributed by atoms with van der Waals surface area (Å²) in [6, 6.07) is 4.66. The molecular formula is C11H15NO3. The number of benzene rings is 1. The van der Waals surface area contributed by atoms with E-state index >= 15 is 0 Å². The van der Waals surface area contributed by atoms with Crippen molar-refractivity contribution >= 4 is 6.21 Å². The van der Waals surface area contributed by atoms with Crippen molar-refractivity contribution in [1.29, 1.82) is 0 Å².